The Kier molecular flexibility index (Phi) is 3.72. The summed E-state index contributed by atoms with van der Waals surface area (Å²) < 4.78 is 15.1. The molecule has 0 aromatic carbocycles. The topological polar surface area (TPSA) is 20.2 Å². The fourth-order valence-corrected chi connectivity index (χ4v) is 7.18. The summed E-state index contributed by atoms with van der Waals surface area (Å²) in [4.78, 5) is 0. The van der Waals surface area contributed by atoms with E-state index in [1.807, 2.05) is 0 Å². The fourth-order valence-electron chi connectivity index (χ4n) is 7.18. The van der Waals surface area contributed by atoms with Crippen molar-refractivity contribution in [2.45, 2.75) is 84.4 Å². The average molecular weight is 320 g/mol. The SMILES string of the molecule is CC1CCC2C3CCC4=CC(O)CC[C@]4(C)C3CC[C@]2(C)C1F. The Bertz CT molecular complexity index is 514. The molecule has 0 radical (unpaired) electrons. The second-order valence-electron chi connectivity index (χ2n) is 9.63. The Morgan fingerprint density at radius 1 is 1.04 bits per heavy atom. The summed E-state index contributed by atoms with van der Waals surface area (Å²) in [7, 11) is 0. The second kappa shape index (κ2) is 5.31. The Balaban J connectivity index is 1.66. The molecule has 0 bridgehead atoms. The molecule has 4 rings (SSSR count). The van der Waals surface area contributed by atoms with Crippen molar-refractivity contribution in [3.63, 3.8) is 0 Å². The molecule has 0 amide bonds. The van der Waals surface area contributed by atoms with E-state index in [2.05, 4.69) is 26.8 Å². The van der Waals surface area contributed by atoms with Gasteiger partial charge in [-0.25, -0.2) is 4.39 Å². The van der Waals surface area contributed by atoms with Crippen LogP contribution in [0.2, 0.25) is 0 Å². The lowest BCUT2D eigenvalue weighted by Gasteiger charge is -2.61. The summed E-state index contributed by atoms with van der Waals surface area (Å²) >= 11 is 0. The summed E-state index contributed by atoms with van der Waals surface area (Å²) in [6.45, 7) is 6.82. The van der Waals surface area contributed by atoms with Crippen LogP contribution in [0.4, 0.5) is 4.39 Å². The van der Waals surface area contributed by atoms with Crippen molar-refractivity contribution in [1.29, 1.82) is 0 Å². The number of rotatable bonds is 0. The first-order valence-electron chi connectivity index (χ1n) is 9.89. The monoisotopic (exact) mass is 320 g/mol. The predicted octanol–water partition coefficient (Wildman–Crippen LogP) is 5.28. The van der Waals surface area contributed by atoms with Gasteiger partial charge in [-0.2, -0.15) is 0 Å². The van der Waals surface area contributed by atoms with Gasteiger partial charge in [-0.15, -0.1) is 0 Å². The van der Waals surface area contributed by atoms with Crippen LogP contribution in [0.15, 0.2) is 11.6 Å². The molecule has 4 aliphatic rings. The Hall–Kier alpha value is -0.370. The third-order valence-corrected chi connectivity index (χ3v) is 8.59. The minimum atomic E-state index is -0.611. The van der Waals surface area contributed by atoms with Gasteiger partial charge in [0.05, 0.1) is 6.10 Å². The third-order valence-electron chi connectivity index (χ3n) is 8.59. The van der Waals surface area contributed by atoms with Gasteiger partial charge < -0.3 is 5.11 Å². The zero-order valence-corrected chi connectivity index (χ0v) is 15.0. The minimum Gasteiger partial charge on any atom is -0.389 e. The molecule has 3 saturated carbocycles. The van der Waals surface area contributed by atoms with Crippen LogP contribution in [0.25, 0.3) is 0 Å². The highest BCUT2D eigenvalue weighted by Crippen LogP contribution is 2.65. The second-order valence-corrected chi connectivity index (χ2v) is 9.63. The van der Waals surface area contributed by atoms with Crippen LogP contribution < -0.4 is 0 Å². The van der Waals surface area contributed by atoms with Crippen LogP contribution in [0.5, 0.6) is 0 Å². The Morgan fingerprint density at radius 3 is 2.61 bits per heavy atom. The molecule has 0 heterocycles. The molecule has 0 spiro atoms. The highest BCUT2D eigenvalue weighted by atomic mass is 19.1. The van der Waals surface area contributed by atoms with Gasteiger partial charge >= 0.3 is 0 Å². The number of aliphatic hydroxyl groups excluding tert-OH is 1. The van der Waals surface area contributed by atoms with Crippen LogP contribution in [-0.4, -0.2) is 17.4 Å². The van der Waals surface area contributed by atoms with E-state index in [1.54, 1.807) is 0 Å². The first-order valence-corrected chi connectivity index (χ1v) is 9.89. The highest BCUT2D eigenvalue weighted by molar-refractivity contribution is 5.25. The Morgan fingerprint density at radius 2 is 1.83 bits per heavy atom. The number of allylic oxidation sites excluding steroid dienone is 1. The molecule has 23 heavy (non-hydrogen) atoms. The van der Waals surface area contributed by atoms with E-state index in [-0.39, 0.29) is 22.9 Å². The maximum atomic E-state index is 15.1. The van der Waals surface area contributed by atoms with Gasteiger partial charge in [0.2, 0.25) is 0 Å². The molecule has 4 aliphatic carbocycles. The van der Waals surface area contributed by atoms with Crippen molar-refractivity contribution in [3.05, 3.63) is 11.6 Å². The largest absolute Gasteiger partial charge is 0.389 e. The van der Waals surface area contributed by atoms with Gasteiger partial charge in [0.25, 0.3) is 0 Å². The van der Waals surface area contributed by atoms with Gasteiger partial charge in [-0.3, -0.25) is 0 Å². The van der Waals surface area contributed by atoms with Gasteiger partial charge in [-0.05, 0) is 80.5 Å². The number of halogens is 1. The van der Waals surface area contributed by atoms with Crippen molar-refractivity contribution in [1.82, 2.24) is 0 Å². The summed E-state index contributed by atoms with van der Waals surface area (Å²) in [6, 6.07) is 0. The standard InChI is InChI=1S/C21H33FO/c1-13-4-7-17-16-6-5-14-12-15(23)8-10-20(14,2)18(16)9-11-21(17,3)19(13)22/h12-13,15-19,23H,4-11H2,1-3H3/t13?,15?,16?,17?,18?,19?,20-,21-/m0/s1. The molecule has 3 fully saturated rings. The minimum absolute atomic E-state index is 0.0788. The van der Waals surface area contributed by atoms with E-state index in [9.17, 15) is 5.11 Å². The molecule has 0 aliphatic heterocycles. The van der Waals surface area contributed by atoms with Gasteiger partial charge in [0.15, 0.2) is 0 Å². The molecule has 1 nitrogen and oxygen atoms in total. The zero-order valence-electron chi connectivity index (χ0n) is 15.0. The fraction of sp³-hybridized carbons (Fsp3) is 0.905. The quantitative estimate of drug-likeness (QED) is 0.602. The number of hydrogen-bond donors (Lipinski definition) is 1. The van der Waals surface area contributed by atoms with Crippen LogP contribution in [0.1, 0.15) is 72.1 Å². The predicted molar refractivity (Wildman–Crippen MR) is 91.8 cm³/mol. The lowest BCUT2D eigenvalue weighted by atomic mass is 9.44. The maximum absolute atomic E-state index is 15.1. The number of hydrogen-bond acceptors (Lipinski definition) is 1. The Labute approximate surface area is 140 Å². The number of alkyl halides is 1. The van der Waals surface area contributed by atoms with Crippen LogP contribution in [-0.2, 0) is 0 Å². The highest BCUT2D eigenvalue weighted by Gasteiger charge is 2.58. The van der Waals surface area contributed by atoms with E-state index in [0.29, 0.717) is 17.8 Å². The molecule has 0 aromatic rings. The van der Waals surface area contributed by atoms with E-state index in [4.69, 9.17) is 0 Å². The van der Waals surface area contributed by atoms with Crippen LogP contribution >= 0.6 is 0 Å². The average Bonchev–Trinajstić information content (AvgIpc) is 2.52. The van der Waals surface area contributed by atoms with Crippen LogP contribution in [0.3, 0.4) is 0 Å². The van der Waals surface area contributed by atoms with E-state index >= 15 is 4.39 Å². The van der Waals surface area contributed by atoms with Crippen molar-refractivity contribution in [2.75, 3.05) is 0 Å². The maximum Gasteiger partial charge on any atom is 0.108 e. The van der Waals surface area contributed by atoms with Crippen molar-refractivity contribution < 1.29 is 9.50 Å². The van der Waals surface area contributed by atoms with Gasteiger partial charge in [0.1, 0.15) is 6.17 Å². The lowest BCUT2D eigenvalue weighted by molar-refractivity contribution is -0.124. The molecule has 6 unspecified atom stereocenters. The van der Waals surface area contributed by atoms with Crippen molar-refractivity contribution in [3.8, 4) is 0 Å². The number of aliphatic hydroxyl groups is 1. The van der Waals surface area contributed by atoms with E-state index in [1.165, 1.54) is 24.8 Å². The summed E-state index contributed by atoms with van der Waals surface area (Å²) in [5, 5.41) is 10.0. The van der Waals surface area contributed by atoms with Crippen LogP contribution in [0, 0.1) is 34.5 Å². The van der Waals surface area contributed by atoms with Gasteiger partial charge in [0, 0.05) is 5.41 Å². The molecular formula is C21H33FO. The molecular weight excluding hydrogens is 287 g/mol. The van der Waals surface area contributed by atoms with Crippen molar-refractivity contribution in [2.24, 2.45) is 34.5 Å². The van der Waals surface area contributed by atoms with E-state index < -0.39 is 6.17 Å². The molecule has 1 N–H and O–H groups in total. The summed E-state index contributed by atoms with van der Waals surface area (Å²) in [6.07, 6.45) is 10.3. The zero-order chi connectivity index (χ0) is 16.4. The van der Waals surface area contributed by atoms with E-state index in [0.717, 1.165) is 32.1 Å². The third kappa shape index (κ3) is 2.19. The first kappa shape index (κ1) is 16.1. The molecule has 0 saturated heterocycles. The van der Waals surface area contributed by atoms with Gasteiger partial charge in [-0.1, -0.05) is 32.4 Å². The summed E-state index contributed by atoms with van der Waals surface area (Å²) in [5.41, 5.74) is 1.71. The first-order chi connectivity index (χ1) is 10.9. The molecule has 130 valence electrons. The molecule has 0 aromatic heterocycles. The molecule has 8 atom stereocenters. The number of fused-ring (bicyclic) bond motifs is 5. The summed E-state index contributed by atoms with van der Waals surface area (Å²) in [5.74, 6) is 2.25. The molecule has 2 heteroatoms. The van der Waals surface area contributed by atoms with Crippen molar-refractivity contribution >= 4 is 0 Å². The normalized spacial score (nSPS) is 56.1. The smallest absolute Gasteiger partial charge is 0.108 e. The lowest BCUT2D eigenvalue weighted by Crippen LogP contribution is -2.56.